The van der Waals surface area contributed by atoms with E-state index >= 15 is 0 Å². The van der Waals surface area contributed by atoms with Gasteiger partial charge in [-0.25, -0.2) is 9.36 Å². The third-order valence-electron chi connectivity index (χ3n) is 5.59. The zero-order valence-corrected chi connectivity index (χ0v) is 18.7. The van der Waals surface area contributed by atoms with Crippen molar-refractivity contribution < 1.29 is 4.79 Å². The minimum Gasteiger partial charge on any atom is -0.383 e. The summed E-state index contributed by atoms with van der Waals surface area (Å²) < 4.78 is 1.06. The zero-order valence-electron chi connectivity index (χ0n) is 18.7. The molecule has 0 spiro atoms. The molecule has 1 rings (SSSR count). The average Bonchev–Trinajstić information content (AvgIpc) is 2.70. The van der Waals surface area contributed by atoms with Gasteiger partial charge in [-0.2, -0.15) is 4.98 Å². The summed E-state index contributed by atoms with van der Waals surface area (Å²) in [6.45, 7) is 2.27. The number of hydrogen-bond acceptors (Lipinski definition) is 4. The highest BCUT2D eigenvalue weighted by Gasteiger charge is 2.07. The Kier molecular flexibility index (Phi) is 15.1. The number of aromatic nitrogens is 2. The van der Waals surface area contributed by atoms with E-state index in [0.717, 1.165) is 17.4 Å². The minimum absolute atomic E-state index is 0.150. The molecular formula is C24H43N3O2. The number of carbonyl (C=O) groups excluding carboxylic acids is 1. The van der Waals surface area contributed by atoms with Gasteiger partial charge < -0.3 is 5.73 Å². The van der Waals surface area contributed by atoms with Crippen molar-refractivity contribution in [2.24, 2.45) is 0 Å². The second-order valence-electron chi connectivity index (χ2n) is 8.31. The van der Waals surface area contributed by atoms with Crippen LogP contribution in [0.25, 0.3) is 0 Å². The van der Waals surface area contributed by atoms with Crippen LogP contribution in [0.4, 0.5) is 5.82 Å². The van der Waals surface area contributed by atoms with Crippen LogP contribution in [0.3, 0.4) is 0 Å². The van der Waals surface area contributed by atoms with Crippen LogP contribution in [0.1, 0.15) is 127 Å². The molecule has 0 saturated heterocycles. The number of anilines is 1. The lowest BCUT2D eigenvalue weighted by Gasteiger charge is -2.05. The van der Waals surface area contributed by atoms with Gasteiger partial charge in [0, 0.05) is 12.6 Å². The fourth-order valence-corrected chi connectivity index (χ4v) is 3.73. The summed E-state index contributed by atoms with van der Waals surface area (Å²) in [5, 5.41) is 0. The van der Waals surface area contributed by atoms with Crippen molar-refractivity contribution in [3.63, 3.8) is 0 Å². The van der Waals surface area contributed by atoms with Gasteiger partial charge in [-0.3, -0.25) is 4.79 Å². The maximum atomic E-state index is 12.0. The minimum atomic E-state index is -0.582. The maximum Gasteiger partial charge on any atom is 0.356 e. The highest BCUT2D eigenvalue weighted by molar-refractivity contribution is 5.78. The first kappa shape index (κ1) is 25.4. The normalized spacial score (nSPS) is 11.1. The molecule has 1 aromatic rings. The van der Waals surface area contributed by atoms with Gasteiger partial charge in [0.2, 0.25) is 5.91 Å². The van der Waals surface area contributed by atoms with E-state index < -0.39 is 5.69 Å². The molecule has 0 unspecified atom stereocenters. The fourth-order valence-electron chi connectivity index (χ4n) is 3.73. The molecule has 0 amide bonds. The Morgan fingerprint density at radius 2 is 1.21 bits per heavy atom. The van der Waals surface area contributed by atoms with Gasteiger partial charge >= 0.3 is 5.69 Å². The number of hydrogen-bond donors (Lipinski definition) is 1. The molecule has 29 heavy (non-hydrogen) atoms. The molecule has 5 heteroatoms. The number of nitrogen functional groups attached to an aromatic ring is 1. The summed E-state index contributed by atoms with van der Waals surface area (Å²) in [6, 6.07) is 1.48. The average molecular weight is 406 g/mol. The van der Waals surface area contributed by atoms with Crippen LogP contribution in [-0.4, -0.2) is 15.5 Å². The number of nitrogens with zero attached hydrogens (tertiary/aromatic N) is 2. The molecule has 0 fully saturated rings. The van der Waals surface area contributed by atoms with E-state index in [4.69, 9.17) is 5.73 Å². The Hall–Kier alpha value is -1.65. The van der Waals surface area contributed by atoms with Crippen LogP contribution in [0.2, 0.25) is 0 Å². The van der Waals surface area contributed by atoms with E-state index in [2.05, 4.69) is 11.9 Å². The third kappa shape index (κ3) is 13.2. The van der Waals surface area contributed by atoms with E-state index in [1.165, 1.54) is 109 Å². The first-order chi connectivity index (χ1) is 14.1. The Bertz CT molecular complexity index is 598. The fraction of sp³-hybridized carbons (Fsp3) is 0.792. The molecule has 0 saturated carbocycles. The van der Waals surface area contributed by atoms with Crippen molar-refractivity contribution in [1.29, 1.82) is 0 Å². The van der Waals surface area contributed by atoms with Gasteiger partial charge in [0.25, 0.3) is 0 Å². The SMILES string of the molecule is CCCCCCCCCCCCCCCCCCCC(=O)n1ccc(N)nc1=O. The van der Waals surface area contributed by atoms with Crippen molar-refractivity contribution in [3.05, 3.63) is 22.7 Å². The van der Waals surface area contributed by atoms with Crippen LogP contribution in [0, 0.1) is 0 Å². The molecule has 2 N–H and O–H groups in total. The molecule has 0 aromatic carbocycles. The van der Waals surface area contributed by atoms with Gasteiger partial charge in [0.1, 0.15) is 5.82 Å². The molecule has 166 valence electrons. The second-order valence-corrected chi connectivity index (χ2v) is 8.31. The lowest BCUT2D eigenvalue weighted by molar-refractivity contribution is 0.0893. The van der Waals surface area contributed by atoms with Crippen LogP contribution in [0.5, 0.6) is 0 Å². The lowest BCUT2D eigenvalue weighted by Crippen LogP contribution is -2.28. The monoisotopic (exact) mass is 405 g/mol. The summed E-state index contributed by atoms with van der Waals surface area (Å²) in [4.78, 5) is 27.2. The van der Waals surface area contributed by atoms with Gasteiger partial charge in [0.05, 0.1) is 0 Å². The van der Waals surface area contributed by atoms with E-state index in [9.17, 15) is 9.59 Å². The van der Waals surface area contributed by atoms with Crippen LogP contribution >= 0.6 is 0 Å². The number of unbranched alkanes of at least 4 members (excludes halogenated alkanes) is 16. The molecule has 0 radical (unpaired) electrons. The maximum absolute atomic E-state index is 12.0. The van der Waals surface area contributed by atoms with Crippen LogP contribution in [0.15, 0.2) is 17.1 Å². The number of carbonyl (C=O) groups is 1. The van der Waals surface area contributed by atoms with Crippen molar-refractivity contribution >= 4 is 11.7 Å². The van der Waals surface area contributed by atoms with E-state index in [1.54, 1.807) is 0 Å². The van der Waals surface area contributed by atoms with Gasteiger partial charge in [-0.15, -0.1) is 0 Å². The second kappa shape index (κ2) is 17.2. The predicted octanol–water partition coefficient (Wildman–Crippen LogP) is 6.51. The summed E-state index contributed by atoms with van der Waals surface area (Å²) in [7, 11) is 0. The Balaban J connectivity index is 1.84. The summed E-state index contributed by atoms with van der Waals surface area (Å²) >= 11 is 0. The lowest BCUT2D eigenvalue weighted by atomic mass is 10.0. The quantitative estimate of drug-likeness (QED) is 0.282. The van der Waals surface area contributed by atoms with Gasteiger partial charge in [-0.05, 0) is 12.5 Å². The third-order valence-corrected chi connectivity index (χ3v) is 5.59. The highest BCUT2D eigenvalue weighted by atomic mass is 16.2. The van der Waals surface area contributed by atoms with Crippen molar-refractivity contribution in [2.75, 3.05) is 5.73 Å². The molecule has 0 aliphatic rings. The first-order valence-electron chi connectivity index (χ1n) is 12.0. The van der Waals surface area contributed by atoms with Gasteiger partial charge in [0.15, 0.2) is 0 Å². The molecule has 0 aliphatic carbocycles. The summed E-state index contributed by atoms with van der Waals surface area (Å²) in [6.07, 6.45) is 24.2. The Morgan fingerprint density at radius 3 is 1.62 bits per heavy atom. The smallest absolute Gasteiger partial charge is 0.356 e. The molecule has 0 atom stereocenters. The largest absolute Gasteiger partial charge is 0.383 e. The van der Waals surface area contributed by atoms with Crippen molar-refractivity contribution in [2.45, 2.75) is 122 Å². The zero-order chi connectivity index (χ0) is 21.2. The molecular weight excluding hydrogens is 362 g/mol. The number of nitrogens with two attached hydrogens (primary N) is 1. The van der Waals surface area contributed by atoms with E-state index in [1.807, 2.05) is 0 Å². The van der Waals surface area contributed by atoms with Crippen molar-refractivity contribution in [3.8, 4) is 0 Å². The molecule has 0 bridgehead atoms. The Morgan fingerprint density at radius 1 is 0.793 bits per heavy atom. The first-order valence-corrected chi connectivity index (χ1v) is 12.0. The van der Waals surface area contributed by atoms with Crippen LogP contribution < -0.4 is 11.4 Å². The molecule has 1 aromatic heterocycles. The van der Waals surface area contributed by atoms with Crippen LogP contribution in [-0.2, 0) is 0 Å². The van der Waals surface area contributed by atoms with Crippen molar-refractivity contribution in [1.82, 2.24) is 9.55 Å². The summed E-state index contributed by atoms with van der Waals surface area (Å²) in [5.74, 6) is -0.0414. The Labute approximate surface area is 177 Å². The number of rotatable bonds is 18. The standard InChI is InChI=1S/C24H43N3O2/c1-2-3-4-5-6-7-8-9-10-11-12-13-14-15-16-17-18-19-23(28)27-21-20-22(25)26-24(27)29/h20-21H,2-19H2,1H3,(H2,25,26,29). The van der Waals surface area contributed by atoms with Gasteiger partial charge in [-0.1, -0.05) is 110 Å². The molecule has 0 aliphatic heterocycles. The van der Waals surface area contributed by atoms with E-state index in [0.29, 0.717) is 6.42 Å². The topological polar surface area (TPSA) is 78.0 Å². The predicted molar refractivity (Wildman–Crippen MR) is 122 cm³/mol. The van der Waals surface area contributed by atoms with E-state index in [-0.39, 0.29) is 11.7 Å². The highest BCUT2D eigenvalue weighted by Crippen LogP contribution is 2.14. The summed E-state index contributed by atoms with van der Waals surface area (Å²) in [5.41, 5.74) is 4.85. The molecule has 1 heterocycles. The molecule has 5 nitrogen and oxygen atoms in total.